The summed E-state index contributed by atoms with van der Waals surface area (Å²) in [6.45, 7) is 5.17. The Morgan fingerprint density at radius 1 is 1.37 bits per heavy atom. The van der Waals surface area contributed by atoms with Gasteiger partial charge in [0.1, 0.15) is 0 Å². The van der Waals surface area contributed by atoms with Gasteiger partial charge in [0.25, 0.3) is 0 Å². The van der Waals surface area contributed by atoms with E-state index in [9.17, 15) is 8.42 Å². The second-order valence-corrected chi connectivity index (χ2v) is 8.98. The lowest BCUT2D eigenvalue weighted by Crippen LogP contribution is -2.31. The van der Waals surface area contributed by atoms with Crippen LogP contribution in [0.15, 0.2) is 0 Å². The molecule has 2 heterocycles. The van der Waals surface area contributed by atoms with Crippen LogP contribution in [0.5, 0.6) is 0 Å². The van der Waals surface area contributed by atoms with Crippen LogP contribution >= 0.6 is 0 Å². The van der Waals surface area contributed by atoms with E-state index < -0.39 is 9.84 Å². The van der Waals surface area contributed by atoms with Crippen molar-refractivity contribution >= 4 is 9.84 Å². The third-order valence-electron chi connectivity index (χ3n) is 4.52. The first-order valence-electron chi connectivity index (χ1n) is 7.34. The van der Waals surface area contributed by atoms with Crippen LogP contribution in [-0.4, -0.2) is 45.2 Å². The lowest BCUT2D eigenvalue weighted by Gasteiger charge is -2.26. The zero-order chi connectivity index (χ0) is 14.1. The van der Waals surface area contributed by atoms with E-state index in [0.717, 1.165) is 32.2 Å². The van der Waals surface area contributed by atoms with Gasteiger partial charge in [-0.25, -0.2) is 8.42 Å². The Morgan fingerprint density at radius 2 is 2.11 bits per heavy atom. The van der Waals surface area contributed by atoms with Gasteiger partial charge in [0.15, 0.2) is 9.84 Å². The second kappa shape index (κ2) is 5.70. The second-order valence-electron chi connectivity index (χ2n) is 6.75. The van der Waals surface area contributed by atoms with Crippen LogP contribution in [0.1, 0.15) is 39.5 Å². The molecule has 19 heavy (non-hydrogen) atoms. The normalized spacial score (nSPS) is 34.5. The largest absolute Gasteiger partial charge is 0.372 e. The van der Waals surface area contributed by atoms with Gasteiger partial charge in [-0.05, 0) is 65.0 Å². The molecule has 0 aromatic rings. The summed E-state index contributed by atoms with van der Waals surface area (Å²) in [7, 11) is -0.843. The van der Waals surface area contributed by atoms with Crippen molar-refractivity contribution < 1.29 is 13.2 Å². The fraction of sp³-hybridized carbons (Fsp3) is 1.00. The molecule has 0 saturated carbocycles. The van der Waals surface area contributed by atoms with Gasteiger partial charge in [-0.3, -0.25) is 0 Å². The van der Waals surface area contributed by atoms with Crippen LogP contribution in [0.3, 0.4) is 0 Å². The minimum Gasteiger partial charge on any atom is -0.372 e. The summed E-state index contributed by atoms with van der Waals surface area (Å²) in [5.41, 5.74) is -0.00336. The smallest absolute Gasteiger partial charge is 0.150 e. The van der Waals surface area contributed by atoms with E-state index >= 15 is 0 Å². The van der Waals surface area contributed by atoms with Gasteiger partial charge in [0.05, 0.1) is 23.2 Å². The Morgan fingerprint density at radius 3 is 2.58 bits per heavy atom. The Kier molecular flexibility index (Phi) is 4.58. The van der Waals surface area contributed by atoms with Gasteiger partial charge in [-0.2, -0.15) is 0 Å². The number of nitrogens with one attached hydrogen (secondary N) is 1. The summed E-state index contributed by atoms with van der Waals surface area (Å²) in [6.07, 6.45) is 4.33. The molecule has 3 atom stereocenters. The van der Waals surface area contributed by atoms with E-state index in [-0.39, 0.29) is 5.60 Å². The maximum absolute atomic E-state index is 11.6. The van der Waals surface area contributed by atoms with Crippen LogP contribution in [-0.2, 0) is 14.6 Å². The van der Waals surface area contributed by atoms with Crippen LogP contribution in [0.4, 0.5) is 0 Å². The summed E-state index contributed by atoms with van der Waals surface area (Å²) >= 11 is 0. The predicted molar refractivity (Wildman–Crippen MR) is 77.0 cm³/mol. The quantitative estimate of drug-likeness (QED) is 0.835. The standard InChI is InChI=1S/C14H27NO3S/c1-14(2)6-4-13(18-14)8-12(9-15-3)11-5-7-19(16,17)10-11/h11-13,15H,4-10H2,1-3H3. The molecule has 2 rings (SSSR count). The van der Waals surface area contributed by atoms with Crippen molar-refractivity contribution in [3.8, 4) is 0 Å². The summed E-state index contributed by atoms with van der Waals surface area (Å²) < 4.78 is 29.3. The van der Waals surface area contributed by atoms with Gasteiger partial charge in [-0.1, -0.05) is 0 Å². The molecule has 0 aromatic carbocycles. The molecule has 0 amide bonds. The SMILES string of the molecule is CNCC(CC1CCC(C)(C)O1)C1CCS(=O)(=O)C1. The Balaban J connectivity index is 1.94. The maximum atomic E-state index is 11.6. The van der Waals surface area contributed by atoms with Crippen molar-refractivity contribution in [1.29, 1.82) is 0 Å². The van der Waals surface area contributed by atoms with Crippen molar-refractivity contribution in [2.75, 3.05) is 25.1 Å². The van der Waals surface area contributed by atoms with Crippen molar-refractivity contribution in [3.05, 3.63) is 0 Å². The first kappa shape index (κ1) is 15.3. The van der Waals surface area contributed by atoms with E-state index in [1.807, 2.05) is 7.05 Å². The highest BCUT2D eigenvalue weighted by Gasteiger charge is 2.38. The number of hydrogen-bond donors (Lipinski definition) is 1. The molecule has 2 aliphatic rings. The fourth-order valence-electron chi connectivity index (χ4n) is 3.48. The van der Waals surface area contributed by atoms with E-state index in [1.54, 1.807) is 0 Å². The van der Waals surface area contributed by atoms with E-state index in [0.29, 0.717) is 29.4 Å². The third kappa shape index (κ3) is 4.17. The molecule has 0 aromatic heterocycles. The molecule has 4 nitrogen and oxygen atoms in total. The molecule has 1 N–H and O–H groups in total. The van der Waals surface area contributed by atoms with Gasteiger partial charge in [0, 0.05) is 0 Å². The van der Waals surface area contributed by atoms with Crippen molar-refractivity contribution in [2.45, 2.75) is 51.2 Å². The van der Waals surface area contributed by atoms with Gasteiger partial charge in [0.2, 0.25) is 0 Å². The van der Waals surface area contributed by atoms with Crippen LogP contribution in [0.25, 0.3) is 0 Å². The Hall–Kier alpha value is -0.130. The number of rotatable bonds is 5. The van der Waals surface area contributed by atoms with E-state index in [4.69, 9.17) is 4.74 Å². The number of hydrogen-bond acceptors (Lipinski definition) is 4. The molecule has 0 radical (unpaired) electrons. The van der Waals surface area contributed by atoms with E-state index in [2.05, 4.69) is 19.2 Å². The first-order chi connectivity index (χ1) is 8.81. The van der Waals surface area contributed by atoms with Gasteiger partial charge in [-0.15, -0.1) is 0 Å². The van der Waals surface area contributed by atoms with E-state index in [1.165, 1.54) is 0 Å². The number of ether oxygens (including phenoxy) is 1. The minimum absolute atomic E-state index is 0.00336. The molecule has 2 aliphatic heterocycles. The first-order valence-corrected chi connectivity index (χ1v) is 9.16. The maximum Gasteiger partial charge on any atom is 0.150 e. The zero-order valence-corrected chi connectivity index (χ0v) is 13.1. The van der Waals surface area contributed by atoms with Gasteiger partial charge < -0.3 is 10.1 Å². The highest BCUT2D eigenvalue weighted by molar-refractivity contribution is 7.91. The summed E-state index contributed by atoms with van der Waals surface area (Å²) in [5.74, 6) is 1.47. The lowest BCUT2D eigenvalue weighted by atomic mass is 9.86. The third-order valence-corrected chi connectivity index (χ3v) is 6.31. The summed E-state index contributed by atoms with van der Waals surface area (Å²) in [6, 6.07) is 0. The van der Waals surface area contributed by atoms with Crippen LogP contribution in [0.2, 0.25) is 0 Å². The highest BCUT2D eigenvalue weighted by atomic mass is 32.2. The summed E-state index contributed by atoms with van der Waals surface area (Å²) in [5, 5.41) is 3.22. The number of sulfone groups is 1. The monoisotopic (exact) mass is 289 g/mol. The van der Waals surface area contributed by atoms with Crippen molar-refractivity contribution in [3.63, 3.8) is 0 Å². The molecular weight excluding hydrogens is 262 g/mol. The molecule has 3 unspecified atom stereocenters. The minimum atomic E-state index is -2.78. The average Bonchev–Trinajstić information content (AvgIpc) is 2.81. The molecule has 112 valence electrons. The highest BCUT2D eigenvalue weighted by Crippen LogP contribution is 2.36. The molecule has 0 bridgehead atoms. The van der Waals surface area contributed by atoms with Crippen LogP contribution in [0, 0.1) is 11.8 Å². The Labute approximate surface area is 117 Å². The van der Waals surface area contributed by atoms with Crippen molar-refractivity contribution in [1.82, 2.24) is 5.32 Å². The molecule has 2 fully saturated rings. The zero-order valence-electron chi connectivity index (χ0n) is 12.3. The molecule has 0 aliphatic carbocycles. The fourth-order valence-corrected chi connectivity index (χ4v) is 5.40. The predicted octanol–water partition coefficient (Wildman–Crippen LogP) is 1.60. The van der Waals surface area contributed by atoms with Crippen molar-refractivity contribution in [2.24, 2.45) is 11.8 Å². The summed E-state index contributed by atoms with van der Waals surface area (Å²) in [4.78, 5) is 0. The lowest BCUT2D eigenvalue weighted by molar-refractivity contribution is -0.0272. The average molecular weight is 289 g/mol. The van der Waals surface area contributed by atoms with Crippen LogP contribution < -0.4 is 5.32 Å². The molecular formula is C14H27NO3S. The molecule has 2 saturated heterocycles. The molecule has 0 spiro atoms. The molecule has 5 heteroatoms. The topological polar surface area (TPSA) is 55.4 Å². The van der Waals surface area contributed by atoms with Gasteiger partial charge >= 0.3 is 0 Å². The Bertz CT molecular complexity index is 405.